The molecule has 0 aromatic heterocycles. The fourth-order valence-electron chi connectivity index (χ4n) is 0.980. The molecule has 65 valence electrons. The summed E-state index contributed by atoms with van der Waals surface area (Å²) < 4.78 is 5.30. The van der Waals surface area contributed by atoms with Crippen LogP contribution in [-0.2, 0) is 0 Å². The van der Waals surface area contributed by atoms with Gasteiger partial charge in [-0.3, -0.25) is 0 Å². The van der Waals surface area contributed by atoms with Gasteiger partial charge in [0.1, 0.15) is 5.75 Å². The molecule has 0 fully saturated rings. The molecule has 0 aliphatic heterocycles. The average Bonchev–Trinajstić information content (AvgIpc) is 2.09. The highest BCUT2D eigenvalue weighted by molar-refractivity contribution is 5.46. The van der Waals surface area contributed by atoms with Crippen LogP contribution in [-0.4, -0.2) is 13.2 Å². The third kappa shape index (κ3) is 2.46. The monoisotopic (exact) mass is 164 g/mol. The first kappa shape index (κ1) is 8.91. The van der Waals surface area contributed by atoms with Gasteiger partial charge in [0.05, 0.1) is 6.61 Å². The van der Waals surface area contributed by atoms with Crippen molar-refractivity contribution in [3.8, 4) is 5.75 Å². The Bertz CT molecular complexity index is 193. The largest absolute Gasteiger partial charge is 0.494 e. The Morgan fingerprint density at radius 2 is 2.00 bits per heavy atom. The molecule has 1 rings (SSSR count). The molecule has 12 heavy (non-hydrogen) atoms. The van der Waals surface area contributed by atoms with E-state index in [9.17, 15) is 0 Å². The van der Waals surface area contributed by atoms with E-state index in [1.165, 1.54) is 0 Å². The quantitative estimate of drug-likeness (QED) is 0.737. The van der Waals surface area contributed by atoms with E-state index < -0.39 is 0 Å². The Morgan fingerprint density at radius 1 is 1.33 bits per heavy atom. The van der Waals surface area contributed by atoms with Crippen LogP contribution in [0.2, 0.25) is 0 Å². The molecule has 0 amide bonds. The second-order valence-electron chi connectivity index (χ2n) is 2.38. The van der Waals surface area contributed by atoms with Crippen molar-refractivity contribution < 1.29 is 4.74 Å². The molecule has 0 bridgehead atoms. The van der Waals surface area contributed by atoms with E-state index in [0.717, 1.165) is 11.4 Å². The van der Waals surface area contributed by atoms with Crippen molar-refractivity contribution in [2.45, 2.75) is 6.92 Å². The van der Waals surface area contributed by atoms with Gasteiger partial charge in [-0.05, 0) is 38.1 Å². The summed E-state index contributed by atoms with van der Waals surface area (Å²) >= 11 is 0. The molecule has 0 saturated carbocycles. The van der Waals surface area contributed by atoms with Crippen LogP contribution in [0.25, 0.3) is 0 Å². The topological polar surface area (TPSA) is 21.3 Å². The highest BCUT2D eigenvalue weighted by Crippen LogP contribution is 2.14. The van der Waals surface area contributed by atoms with Crippen LogP contribution in [0.5, 0.6) is 5.75 Å². The van der Waals surface area contributed by atoms with Crippen LogP contribution in [0.3, 0.4) is 0 Å². The maximum atomic E-state index is 5.30. The first-order valence-corrected chi connectivity index (χ1v) is 4.12. The number of rotatable bonds is 4. The molecule has 1 radical (unpaired) electrons. The molecule has 2 heteroatoms. The Kier molecular flexibility index (Phi) is 3.45. The van der Waals surface area contributed by atoms with Gasteiger partial charge in [0.2, 0.25) is 0 Å². The number of hydrogen-bond donors (Lipinski definition) is 1. The molecule has 0 unspecified atom stereocenters. The van der Waals surface area contributed by atoms with Gasteiger partial charge in [0.15, 0.2) is 0 Å². The van der Waals surface area contributed by atoms with Gasteiger partial charge in [-0.15, -0.1) is 0 Å². The summed E-state index contributed by atoms with van der Waals surface area (Å²) in [5, 5.41) is 3.11. The molecule has 0 aliphatic rings. The lowest BCUT2D eigenvalue weighted by Gasteiger charge is -2.05. The standard InChI is InChI=1S/C10H14NO/c1-3-11-9-5-7-10(8-6-9)12-4-2/h5-8,11H,1,3-4H2,2H3. The third-order valence-corrected chi connectivity index (χ3v) is 1.49. The van der Waals surface area contributed by atoms with Crippen molar-refractivity contribution in [2.75, 3.05) is 18.5 Å². The molecular weight excluding hydrogens is 150 g/mol. The van der Waals surface area contributed by atoms with Crippen LogP contribution < -0.4 is 10.1 Å². The molecule has 0 aliphatic carbocycles. The van der Waals surface area contributed by atoms with Crippen molar-refractivity contribution in [3.05, 3.63) is 31.2 Å². The molecule has 2 nitrogen and oxygen atoms in total. The van der Waals surface area contributed by atoms with Crippen LogP contribution in [0.4, 0.5) is 5.69 Å². The molecule has 0 saturated heterocycles. The lowest BCUT2D eigenvalue weighted by atomic mass is 10.3. The number of hydrogen-bond acceptors (Lipinski definition) is 2. The molecule has 1 aromatic carbocycles. The van der Waals surface area contributed by atoms with Gasteiger partial charge in [0.25, 0.3) is 0 Å². The van der Waals surface area contributed by atoms with Crippen molar-refractivity contribution >= 4 is 5.69 Å². The summed E-state index contributed by atoms with van der Waals surface area (Å²) in [6.45, 7) is 7.08. The van der Waals surface area contributed by atoms with Crippen molar-refractivity contribution in [1.82, 2.24) is 0 Å². The highest BCUT2D eigenvalue weighted by atomic mass is 16.5. The first-order valence-electron chi connectivity index (χ1n) is 4.12. The zero-order chi connectivity index (χ0) is 8.81. The summed E-state index contributed by atoms with van der Waals surface area (Å²) in [7, 11) is 0. The zero-order valence-corrected chi connectivity index (χ0v) is 7.34. The van der Waals surface area contributed by atoms with E-state index in [4.69, 9.17) is 4.74 Å². The highest BCUT2D eigenvalue weighted by Gasteiger charge is 1.91. The van der Waals surface area contributed by atoms with Gasteiger partial charge in [-0.25, -0.2) is 0 Å². The van der Waals surface area contributed by atoms with Crippen molar-refractivity contribution in [1.29, 1.82) is 0 Å². The van der Waals surface area contributed by atoms with E-state index in [-0.39, 0.29) is 0 Å². The van der Waals surface area contributed by atoms with E-state index >= 15 is 0 Å². The second kappa shape index (κ2) is 4.65. The van der Waals surface area contributed by atoms with Gasteiger partial charge < -0.3 is 10.1 Å². The Hall–Kier alpha value is -1.18. The van der Waals surface area contributed by atoms with Gasteiger partial charge in [0, 0.05) is 12.2 Å². The molecule has 1 N–H and O–H groups in total. The van der Waals surface area contributed by atoms with E-state index in [1.54, 1.807) is 0 Å². The number of benzene rings is 1. The maximum absolute atomic E-state index is 5.30. The third-order valence-electron chi connectivity index (χ3n) is 1.49. The first-order chi connectivity index (χ1) is 5.86. The Morgan fingerprint density at radius 3 is 2.50 bits per heavy atom. The fraction of sp³-hybridized carbons (Fsp3) is 0.300. The summed E-state index contributed by atoms with van der Waals surface area (Å²) in [5.74, 6) is 0.909. The van der Waals surface area contributed by atoms with Gasteiger partial charge in [-0.2, -0.15) is 0 Å². The molecule has 0 spiro atoms. The van der Waals surface area contributed by atoms with Crippen molar-refractivity contribution in [3.63, 3.8) is 0 Å². The summed E-state index contributed by atoms with van der Waals surface area (Å²) in [6.07, 6.45) is 0. The predicted molar refractivity (Wildman–Crippen MR) is 51.5 cm³/mol. The summed E-state index contributed by atoms with van der Waals surface area (Å²) in [6, 6.07) is 7.86. The van der Waals surface area contributed by atoms with Crippen molar-refractivity contribution in [2.24, 2.45) is 0 Å². The Balaban J connectivity index is 2.58. The minimum absolute atomic E-state index is 0.702. The fourth-order valence-corrected chi connectivity index (χ4v) is 0.980. The lowest BCUT2D eigenvalue weighted by molar-refractivity contribution is 0.340. The smallest absolute Gasteiger partial charge is 0.119 e. The lowest BCUT2D eigenvalue weighted by Crippen LogP contribution is -1.96. The van der Waals surface area contributed by atoms with Crippen LogP contribution in [0.15, 0.2) is 24.3 Å². The number of anilines is 1. The zero-order valence-electron chi connectivity index (χ0n) is 7.34. The van der Waals surface area contributed by atoms with Crippen LogP contribution >= 0.6 is 0 Å². The maximum Gasteiger partial charge on any atom is 0.119 e. The summed E-state index contributed by atoms with van der Waals surface area (Å²) in [5.41, 5.74) is 1.08. The molecule has 0 heterocycles. The molecular formula is C10H14NO. The molecule has 1 aromatic rings. The minimum Gasteiger partial charge on any atom is -0.494 e. The SMILES string of the molecule is [CH2]CNc1ccc(OCC)cc1. The predicted octanol–water partition coefficient (Wildman–Crippen LogP) is 2.33. The van der Waals surface area contributed by atoms with E-state index in [1.807, 2.05) is 31.2 Å². The summed E-state index contributed by atoms with van der Waals surface area (Å²) in [4.78, 5) is 0. The normalized spacial score (nSPS) is 9.50. The average molecular weight is 164 g/mol. The number of ether oxygens (including phenoxy) is 1. The second-order valence-corrected chi connectivity index (χ2v) is 2.38. The van der Waals surface area contributed by atoms with E-state index in [2.05, 4.69) is 12.2 Å². The number of nitrogens with one attached hydrogen (secondary N) is 1. The van der Waals surface area contributed by atoms with E-state index in [0.29, 0.717) is 13.2 Å². The van der Waals surface area contributed by atoms with Gasteiger partial charge in [-0.1, -0.05) is 0 Å². The van der Waals surface area contributed by atoms with Crippen LogP contribution in [0, 0.1) is 6.92 Å². The minimum atomic E-state index is 0.702. The van der Waals surface area contributed by atoms with Gasteiger partial charge >= 0.3 is 0 Å². The molecule has 0 atom stereocenters. The Labute approximate surface area is 73.6 Å². The van der Waals surface area contributed by atoms with Crippen LogP contribution in [0.1, 0.15) is 6.92 Å².